The van der Waals surface area contributed by atoms with Gasteiger partial charge in [0.05, 0.1) is 24.8 Å². The topological polar surface area (TPSA) is 51.2 Å². The minimum Gasteiger partial charge on any atom is -0.461 e. The second-order valence-electron chi connectivity index (χ2n) is 2.77. The zero-order valence-corrected chi connectivity index (χ0v) is 7.27. The Morgan fingerprint density at radius 1 is 1.62 bits per heavy atom. The van der Waals surface area contributed by atoms with E-state index in [0.29, 0.717) is 5.76 Å². The smallest absolute Gasteiger partial charge is 0.176 e. The average molecular weight is 178 g/mol. The SMILES string of the molecule is Cn1c(CO)cnc1-c1ccco1. The van der Waals surface area contributed by atoms with Crippen LogP contribution in [-0.4, -0.2) is 14.7 Å². The Balaban J connectivity index is 2.48. The molecule has 0 bridgehead atoms. The number of furan rings is 1. The van der Waals surface area contributed by atoms with E-state index in [4.69, 9.17) is 9.52 Å². The zero-order chi connectivity index (χ0) is 9.26. The first-order valence-electron chi connectivity index (χ1n) is 3.98. The second kappa shape index (κ2) is 3.06. The highest BCUT2D eigenvalue weighted by Gasteiger charge is 2.09. The minimum absolute atomic E-state index is 0.00971. The predicted octanol–water partition coefficient (Wildman–Crippen LogP) is 1.17. The van der Waals surface area contributed by atoms with E-state index >= 15 is 0 Å². The molecule has 68 valence electrons. The molecule has 4 heteroatoms. The predicted molar refractivity (Wildman–Crippen MR) is 46.8 cm³/mol. The Hall–Kier alpha value is -1.55. The van der Waals surface area contributed by atoms with E-state index in [1.807, 2.05) is 19.2 Å². The number of aromatic nitrogens is 2. The van der Waals surface area contributed by atoms with Crippen LogP contribution in [0.25, 0.3) is 11.6 Å². The van der Waals surface area contributed by atoms with Gasteiger partial charge in [0.15, 0.2) is 11.6 Å². The van der Waals surface area contributed by atoms with E-state index < -0.39 is 0 Å². The quantitative estimate of drug-likeness (QED) is 0.751. The van der Waals surface area contributed by atoms with Gasteiger partial charge in [-0.2, -0.15) is 0 Å². The van der Waals surface area contributed by atoms with Crippen molar-refractivity contribution in [1.82, 2.24) is 9.55 Å². The lowest BCUT2D eigenvalue weighted by Crippen LogP contribution is -1.97. The largest absolute Gasteiger partial charge is 0.461 e. The minimum atomic E-state index is -0.00971. The van der Waals surface area contributed by atoms with Crippen LogP contribution in [0.4, 0.5) is 0 Å². The fourth-order valence-corrected chi connectivity index (χ4v) is 1.23. The standard InChI is InChI=1S/C9H10N2O2/c1-11-7(6-12)5-10-9(11)8-3-2-4-13-8/h2-5,12H,6H2,1H3. The van der Waals surface area contributed by atoms with Gasteiger partial charge >= 0.3 is 0 Å². The molecule has 0 unspecified atom stereocenters. The zero-order valence-electron chi connectivity index (χ0n) is 7.27. The van der Waals surface area contributed by atoms with Crippen LogP contribution in [0.5, 0.6) is 0 Å². The number of nitrogens with zero attached hydrogens (tertiary/aromatic N) is 2. The first-order chi connectivity index (χ1) is 6.33. The van der Waals surface area contributed by atoms with Crippen molar-refractivity contribution in [2.75, 3.05) is 0 Å². The number of aliphatic hydroxyl groups is 1. The van der Waals surface area contributed by atoms with Gasteiger partial charge in [-0.1, -0.05) is 0 Å². The number of hydrogen-bond acceptors (Lipinski definition) is 3. The third-order valence-corrected chi connectivity index (χ3v) is 1.99. The molecule has 0 spiro atoms. The van der Waals surface area contributed by atoms with Crippen molar-refractivity contribution in [3.8, 4) is 11.6 Å². The van der Waals surface area contributed by atoms with Crippen molar-refractivity contribution in [3.63, 3.8) is 0 Å². The fraction of sp³-hybridized carbons (Fsp3) is 0.222. The summed E-state index contributed by atoms with van der Waals surface area (Å²) in [6, 6.07) is 3.64. The van der Waals surface area contributed by atoms with Gasteiger partial charge in [0.1, 0.15) is 0 Å². The Labute approximate surface area is 75.4 Å². The summed E-state index contributed by atoms with van der Waals surface area (Å²) in [7, 11) is 1.84. The van der Waals surface area contributed by atoms with Crippen LogP contribution < -0.4 is 0 Å². The van der Waals surface area contributed by atoms with Crippen LogP contribution in [0.15, 0.2) is 29.0 Å². The molecule has 2 heterocycles. The summed E-state index contributed by atoms with van der Waals surface area (Å²) in [5.74, 6) is 1.44. The van der Waals surface area contributed by atoms with Crippen molar-refractivity contribution in [2.45, 2.75) is 6.61 Å². The summed E-state index contributed by atoms with van der Waals surface area (Å²) in [6.45, 7) is -0.00971. The van der Waals surface area contributed by atoms with Crippen molar-refractivity contribution in [1.29, 1.82) is 0 Å². The molecule has 2 rings (SSSR count). The fourth-order valence-electron chi connectivity index (χ4n) is 1.23. The van der Waals surface area contributed by atoms with Crippen molar-refractivity contribution in [2.24, 2.45) is 7.05 Å². The number of aliphatic hydroxyl groups excluding tert-OH is 1. The molecule has 0 fully saturated rings. The Bertz CT molecular complexity index is 390. The lowest BCUT2D eigenvalue weighted by Gasteiger charge is -2.00. The highest BCUT2D eigenvalue weighted by atomic mass is 16.3. The van der Waals surface area contributed by atoms with Crippen molar-refractivity contribution in [3.05, 3.63) is 30.3 Å². The van der Waals surface area contributed by atoms with Gasteiger partial charge < -0.3 is 14.1 Å². The molecule has 0 saturated heterocycles. The van der Waals surface area contributed by atoms with Gasteiger partial charge in [0.25, 0.3) is 0 Å². The summed E-state index contributed by atoms with van der Waals surface area (Å²) in [5.41, 5.74) is 0.770. The molecule has 0 atom stereocenters. The van der Waals surface area contributed by atoms with E-state index in [0.717, 1.165) is 11.5 Å². The van der Waals surface area contributed by atoms with Crippen LogP contribution in [0.2, 0.25) is 0 Å². The molecule has 0 radical (unpaired) electrons. The molecule has 0 aliphatic heterocycles. The van der Waals surface area contributed by atoms with E-state index in [-0.39, 0.29) is 6.61 Å². The molecule has 0 aliphatic carbocycles. The Morgan fingerprint density at radius 3 is 3.00 bits per heavy atom. The molecule has 0 saturated carbocycles. The van der Waals surface area contributed by atoms with Gasteiger partial charge in [-0.3, -0.25) is 0 Å². The maximum atomic E-state index is 8.94. The Morgan fingerprint density at radius 2 is 2.46 bits per heavy atom. The summed E-state index contributed by atoms with van der Waals surface area (Å²) in [4.78, 5) is 4.14. The molecule has 13 heavy (non-hydrogen) atoms. The van der Waals surface area contributed by atoms with Crippen molar-refractivity contribution < 1.29 is 9.52 Å². The molecular weight excluding hydrogens is 168 g/mol. The van der Waals surface area contributed by atoms with Gasteiger partial charge in [-0.05, 0) is 12.1 Å². The molecule has 1 N–H and O–H groups in total. The third-order valence-electron chi connectivity index (χ3n) is 1.99. The summed E-state index contributed by atoms with van der Waals surface area (Å²) in [6.07, 6.45) is 3.24. The normalized spacial score (nSPS) is 10.6. The molecule has 0 amide bonds. The first-order valence-corrected chi connectivity index (χ1v) is 3.98. The maximum Gasteiger partial charge on any atom is 0.176 e. The molecule has 0 aromatic carbocycles. The molecule has 2 aromatic heterocycles. The van der Waals surface area contributed by atoms with Crippen LogP contribution >= 0.6 is 0 Å². The summed E-state index contributed by atoms with van der Waals surface area (Å²) in [5, 5.41) is 8.94. The van der Waals surface area contributed by atoms with Crippen LogP contribution in [0.1, 0.15) is 5.69 Å². The van der Waals surface area contributed by atoms with Crippen LogP contribution in [0, 0.1) is 0 Å². The highest BCUT2D eigenvalue weighted by molar-refractivity contribution is 5.47. The molecule has 4 nitrogen and oxygen atoms in total. The Kier molecular flexibility index (Phi) is 1.90. The number of imidazole rings is 1. The third kappa shape index (κ3) is 1.25. The van der Waals surface area contributed by atoms with Gasteiger partial charge in [0, 0.05) is 7.05 Å². The van der Waals surface area contributed by atoms with E-state index in [1.165, 1.54) is 0 Å². The molecular formula is C9H10N2O2. The molecule has 0 aliphatic rings. The lowest BCUT2D eigenvalue weighted by molar-refractivity contribution is 0.273. The maximum absolute atomic E-state index is 8.94. The molecule has 2 aromatic rings. The van der Waals surface area contributed by atoms with Crippen molar-refractivity contribution >= 4 is 0 Å². The average Bonchev–Trinajstić information content (AvgIpc) is 2.72. The van der Waals surface area contributed by atoms with Crippen LogP contribution in [0.3, 0.4) is 0 Å². The van der Waals surface area contributed by atoms with Gasteiger partial charge in [0.2, 0.25) is 0 Å². The monoisotopic (exact) mass is 178 g/mol. The lowest BCUT2D eigenvalue weighted by atomic mass is 10.4. The van der Waals surface area contributed by atoms with Gasteiger partial charge in [-0.25, -0.2) is 4.98 Å². The number of rotatable bonds is 2. The van der Waals surface area contributed by atoms with E-state index in [1.54, 1.807) is 17.0 Å². The van der Waals surface area contributed by atoms with E-state index in [2.05, 4.69) is 4.98 Å². The second-order valence-corrected chi connectivity index (χ2v) is 2.77. The number of hydrogen-bond donors (Lipinski definition) is 1. The highest BCUT2D eigenvalue weighted by Crippen LogP contribution is 2.18. The van der Waals surface area contributed by atoms with Gasteiger partial charge in [-0.15, -0.1) is 0 Å². The summed E-state index contributed by atoms with van der Waals surface area (Å²) < 4.78 is 7.00. The first kappa shape index (κ1) is 8.07. The van der Waals surface area contributed by atoms with E-state index in [9.17, 15) is 0 Å². The summed E-state index contributed by atoms with van der Waals surface area (Å²) >= 11 is 0. The van der Waals surface area contributed by atoms with Crippen LogP contribution in [-0.2, 0) is 13.7 Å².